The third kappa shape index (κ3) is 9.89. The number of carbonyl (C=O) groups is 4. The van der Waals surface area contributed by atoms with Gasteiger partial charge in [0.15, 0.2) is 0 Å². The van der Waals surface area contributed by atoms with Crippen LogP contribution in [0.4, 0.5) is 0 Å². The molecule has 30 heavy (non-hydrogen) atoms. The Morgan fingerprint density at radius 3 is 1.23 bits per heavy atom. The number of hydrogen-bond acceptors (Lipinski definition) is 6. The van der Waals surface area contributed by atoms with Crippen LogP contribution in [0.5, 0.6) is 0 Å². The molecular weight excluding hydrogens is 392 g/mol. The van der Waals surface area contributed by atoms with Gasteiger partial charge in [-0.05, 0) is 26.7 Å². The monoisotopic (exact) mass is 428 g/mol. The minimum atomic E-state index is -1.58. The summed E-state index contributed by atoms with van der Waals surface area (Å²) in [5.74, 6) is -7.49. The van der Waals surface area contributed by atoms with Crippen LogP contribution in [0, 0.1) is 11.8 Å². The standard InChI is InChI=1S/C22H36O8/c1-5-7-9-11-13-29-21(27)15(3)17(19(23)24)18(20(25)26)16(4)22(28)30-14-12-10-8-6-2/h15-16H,5-14H2,1-4H3,(H,23,24)(H,25,26)/b18-17+. The molecule has 172 valence electrons. The highest BCUT2D eigenvalue weighted by atomic mass is 16.5. The summed E-state index contributed by atoms with van der Waals surface area (Å²) in [7, 11) is 0. The van der Waals surface area contributed by atoms with Crippen molar-refractivity contribution in [2.24, 2.45) is 11.8 Å². The molecule has 0 fully saturated rings. The molecule has 0 bridgehead atoms. The quantitative estimate of drug-likeness (QED) is 0.215. The lowest BCUT2D eigenvalue weighted by Crippen LogP contribution is -2.30. The SMILES string of the molecule is CCCCCCOC(=O)C(C)/C(C(=O)O)=C(\C(=O)O)C(C)C(=O)OCCCCCC. The summed E-state index contributed by atoms with van der Waals surface area (Å²) in [4.78, 5) is 48.1. The first kappa shape index (κ1) is 27.6. The van der Waals surface area contributed by atoms with Crippen LogP contribution in [-0.4, -0.2) is 47.3 Å². The van der Waals surface area contributed by atoms with Gasteiger partial charge in [0.2, 0.25) is 0 Å². The van der Waals surface area contributed by atoms with E-state index < -0.39 is 46.9 Å². The first-order valence-corrected chi connectivity index (χ1v) is 10.7. The summed E-state index contributed by atoms with van der Waals surface area (Å²) in [5, 5.41) is 19.2. The van der Waals surface area contributed by atoms with Crippen LogP contribution in [0.3, 0.4) is 0 Å². The molecule has 0 rings (SSSR count). The fourth-order valence-corrected chi connectivity index (χ4v) is 2.96. The Morgan fingerprint density at radius 1 is 0.633 bits per heavy atom. The second-order valence-corrected chi connectivity index (χ2v) is 7.34. The molecule has 0 aromatic heterocycles. The number of hydrogen-bond donors (Lipinski definition) is 2. The van der Waals surface area contributed by atoms with E-state index in [1.165, 1.54) is 13.8 Å². The van der Waals surface area contributed by atoms with Gasteiger partial charge in [-0.3, -0.25) is 9.59 Å². The summed E-state index contributed by atoms with van der Waals surface area (Å²) in [6.07, 6.45) is 7.07. The first-order chi connectivity index (χ1) is 14.2. The zero-order chi connectivity index (χ0) is 23.1. The largest absolute Gasteiger partial charge is 0.478 e. The van der Waals surface area contributed by atoms with E-state index in [1.807, 2.05) is 13.8 Å². The molecule has 0 aromatic carbocycles. The van der Waals surface area contributed by atoms with Crippen molar-refractivity contribution in [2.45, 2.75) is 79.1 Å². The van der Waals surface area contributed by atoms with Gasteiger partial charge in [0.05, 0.1) is 36.2 Å². The summed E-state index contributed by atoms with van der Waals surface area (Å²) < 4.78 is 10.2. The predicted octanol–water partition coefficient (Wildman–Crippen LogP) is 3.97. The molecule has 0 radical (unpaired) electrons. The number of rotatable bonds is 16. The van der Waals surface area contributed by atoms with Gasteiger partial charge in [-0.25, -0.2) is 9.59 Å². The van der Waals surface area contributed by atoms with Crippen LogP contribution in [-0.2, 0) is 28.7 Å². The molecule has 0 amide bonds. The van der Waals surface area contributed by atoms with E-state index in [4.69, 9.17) is 9.47 Å². The molecule has 0 aliphatic heterocycles. The van der Waals surface area contributed by atoms with Crippen molar-refractivity contribution in [1.82, 2.24) is 0 Å². The Balaban J connectivity index is 5.33. The molecule has 0 aromatic rings. The fourth-order valence-electron chi connectivity index (χ4n) is 2.96. The molecule has 0 saturated carbocycles. The second kappa shape index (κ2) is 15.5. The van der Waals surface area contributed by atoms with Crippen LogP contribution in [0.25, 0.3) is 0 Å². The highest BCUT2D eigenvalue weighted by Crippen LogP contribution is 2.25. The van der Waals surface area contributed by atoms with Gasteiger partial charge >= 0.3 is 23.9 Å². The van der Waals surface area contributed by atoms with Gasteiger partial charge in [-0.15, -0.1) is 0 Å². The highest BCUT2D eigenvalue weighted by Gasteiger charge is 2.36. The average molecular weight is 429 g/mol. The van der Waals surface area contributed by atoms with Gasteiger partial charge < -0.3 is 19.7 Å². The summed E-state index contributed by atoms with van der Waals surface area (Å²) in [6.45, 7) is 6.89. The zero-order valence-corrected chi connectivity index (χ0v) is 18.6. The molecule has 0 aliphatic carbocycles. The van der Waals surface area contributed by atoms with Crippen molar-refractivity contribution < 1.29 is 38.9 Å². The van der Waals surface area contributed by atoms with Crippen molar-refractivity contribution in [1.29, 1.82) is 0 Å². The molecule has 0 heterocycles. The highest BCUT2D eigenvalue weighted by molar-refractivity contribution is 6.05. The van der Waals surface area contributed by atoms with E-state index in [0.717, 1.165) is 38.5 Å². The van der Waals surface area contributed by atoms with Gasteiger partial charge in [-0.2, -0.15) is 0 Å². The van der Waals surface area contributed by atoms with Gasteiger partial charge in [0.25, 0.3) is 0 Å². The maximum Gasteiger partial charge on any atom is 0.333 e. The normalized spacial score (nSPS) is 13.7. The maximum absolute atomic E-state index is 12.3. The third-order valence-electron chi connectivity index (χ3n) is 4.81. The molecule has 2 unspecified atom stereocenters. The molecule has 0 saturated heterocycles. The third-order valence-corrected chi connectivity index (χ3v) is 4.81. The zero-order valence-electron chi connectivity index (χ0n) is 18.6. The van der Waals surface area contributed by atoms with E-state index >= 15 is 0 Å². The molecule has 0 spiro atoms. The molecule has 2 N–H and O–H groups in total. The van der Waals surface area contributed by atoms with E-state index in [0.29, 0.717) is 12.8 Å². The van der Waals surface area contributed by atoms with Crippen molar-refractivity contribution in [2.75, 3.05) is 13.2 Å². The Morgan fingerprint density at radius 2 is 0.967 bits per heavy atom. The summed E-state index contributed by atoms with van der Waals surface area (Å²) >= 11 is 0. The Hall–Kier alpha value is -2.38. The fraction of sp³-hybridized carbons (Fsp3) is 0.727. The van der Waals surface area contributed by atoms with Crippen LogP contribution >= 0.6 is 0 Å². The molecule has 0 aliphatic rings. The van der Waals surface area contributed by atoms with Crippen LogP contribution in [0.1, 0.15) is 79.1 Å². The van der Waals surface area contributed by atoms with E-state index in [2.05, 4.69) is 0 Å². The van der Waals surface area contributed by atoms with E-state index in [1.54, 1.807) is 0 Å². The van der Waals surface area contributed by atoms with Gasteiger partial charge in [-0.1, -0.05) is 52.4 Å². The molecule has 8 heteroatoms. The van der Waals surface area contributed by atoms with Crippen molar-refractivity contribution in [3.05, 3.63) is 11.1 Å². The second-order valence-electron chi connectivity index (χ2n) is 7.34. The summed E-state index contributed by atoms with van der Waals surface area (Å²) in [6, 6.07) is 0. The first-order valence-electron chi connectivity index (χ1n) is 10.7. The number of carbonyl (C=O) groups excluding carboxylic acids is 2. The lowest BCUT2D eigenvalue weighted by atomic mass is 9.88. The topological polar surface area (TPSA) is 127 Å². The van der Waals surface area contributed by atoms with Crippen molar-refractivity contribution in [3.63, 3.8) is 0 Å². The lowest BCUT2D eigenvalue weighted by molar-refractivity contribution is -0.151. The molecular formula is C22H36O8. The van der Waals surface area contributed by atoms with E-state index in [-0.39, 0.29) is 13.2 Å². The minimum absolute atomic E-state index is 0.133. The predicted molar refractivity (Wildman–Crippen MR) is 111 cm³/mol. The Bertz CT molecular complexity index is 556. The van der Waals surface area contributed by atoms with Crippen LogP contribution in [0.2, 0.25) is 0 Å². The van der Waals surface area contributed by atoms with E-state index in [9.17, 15) is 29.4 Å². The smallest absolute Gasteiger partial charge is 0.333 e. The number of carboxylic acids is 2. The van der Waals surface area contributed by atoms with Gasteiger partial charge in [0, 0.05) is 0 Å². The van der Waals surface area contributed by atoms with Crippen LogP contribution < -0.4 is 0 Å². The Labute approximate surface area is 178 Å². The Kier molecular flexibility index (Phi) is 14.2. The maximum atomic E-state index is 12.3. The number of ether oxygens (including phenoxy) is 2. The lowest BCUT2D eigenvalue weighted by Gasteiger charge is -2.19. The number of aliphatic carboxylic acids is 2. The molecule has 2 atom stereocenters. The minimum Gasteiger partial charge on any atom is -0.478 e. The molecule has 8 nitrogen and oxygen atoms in total. The average Bonchev–Trinajstić information content (AvgIpc) is 2.69. The van der Waals surface area contributed by atoms with Crippen molar-refractivity contribution in [3.8, 4) is 0 Å². The number of unbranched alkanes of at least 4 members (excludes halogenated alkanes) is 6. The summed E-state index contributed by atoms with van der Waals surface area (Å²) in [5.41, 5.74) is -1.31. The van der Waals surface area contributed by atoms with Gasteiger partial charge in [0.1, 0.15) is 0 Å². The number of carboxylic acid groups (broad SMARTS) is 2. The van der Waals surface area contributed by atoms with Crippen LogP contribution in [0.15, 0.2) is 11.1 Å². The number of esters is 2. The van der Waals surface area contributed by atoms with Crippen molar-refractivity contribution >= 4 is 23.9 Å².